The van der Waals surface area contributed by atoms with Gasteiger partial charge in [0.05, 0.1) is 11.3 Å². The summed E-state index contributed by atoms with van der Waals surface area (Å²) in [5, 5.41) is 11.0. The van der Waals surface area contributed by atoms with Gasteiger partial charge in [0.15, 0.2) is 0 Å². The first kappa shape index (κ1) is 15.1. The minimum atomic E-state index is -1.28. The highest BCUT2D eigenvalue weighted by atomic mass is 79.9. The number of aromatic carboxylic acids is 1. The molecule has 1 amide bonds. The zero-order valence-electron chi connectivity index (χ0n) is 10.4. The van der Waals surface area contributed by atoms with E-state index in [0.29, 0.717) is 4.47 Å². The van der Waals surface area contributed by atoms with Gasteiger partial charge in [-0.05, 0) is 36.4 Å². The Morgan fingerprint density at radius 3 is 2.33 bits per heavy atom. The predicted octanol–water partition coefficient (Wildman–Crippen LogP) is 3.68. The summed E-state index contributed by atoms with van der Waals surface area (Å²) in [5.41, 5.74) is -0.423. The number of amides is 1. The van der Waals surface area contributed by atoms with Crippen LogP contribution in [0.5, 0.6) is 0 Å². The first-order valence-electron chi connectivity index (χ1n) is 5.67. The van der Waals surface area contributed by atoms with Crippen LogP contribution in [-0.4, -0.2) is 17.0 Å². The molecule has 0 saturated heterocycles. The van der Waals surface area contributed by atoms with Gasteiger partial charge in [-0.3, -0.25) is 4.79 Å². The molecule has 0 heterocycles. The number of benzene rings is 2. The Hall–Kier alpha value is -2.28. The number of hydrogen-bond donors (Lipinski definition) is 2. The molecule has 0 saturated carbocycles. The number of rotatable bonds is 3. The second kappa shape index (κ2) is 6.01. The van der Waals surface area contributed by atoms with Crippen molar-refractivity contribution in [1.29, 1.82) is 0 Å². The molecule has 0 aromatic heterocycles. The Balaban J connectivity index is 2.25. The first-order valence-corrected chi connectivity index (χ1v) is 6.46. The Morgan fingerprint density at radius 2 is 1.76 bits per heavy atom. The smallest absolute Gasteiger partial charge is 0.335 e. The van der Waals surface area contributed by atoms with E-state index < -0.39 is 23.5 Å². The fourth-order valence-electron chi connectivity index (χ4n) is 1.63. The summed E-state index contributed by atoms with van der Waals surface area (Å²) in [6.45, 7) is 0. The molecule has 0 radical (unpaired) electrons. The highest BCUT2D eigenvalue weighted by Crippen LogP contribution is 2.19. The quantitative estimate of drug-likeness (QED) is 0.882. The molecule has 0 unspecified atom stereocenters. The molecule has 2 aromatic rings. The number of carbonyl (C=O) groups excluding carboxylic acids is 1. The van der Waals surface area contributed by atoms with Crippen LogP contribution in [0.3, 0.4) is 0 Å². The van der Waals surface area contributed by atoms with Crippen LogP contribution in [0.1, 0.15) is 20.7 Å². The number of carboxylic acids is 1. The Morgan fingerprint density at radius 1 is 1.05 bits per heavy atom. The first-order chi connectivity index (χ1) is 9.86. The van der Waals surface area contributed by atoms with Gasteiger partial charge in [0.2, 0.25) is 0 Å². The molecule has 21 heavy (non-hydrogen) atoms. The summed E-state index contributed by atoms with van der Waals surface area (Å²) in [4.78, 5) is 22.6. The second-order valence-electron chi connectivity index (χ2n) is 4.11. The molecule has 0 aliphatic carbocycles. The van der Waals surface area contributed by atoms with Gasteiger partial charge in [0.25, 0.3) is 5.91 Å². The molecule has 0 spiro atoms. The molecule has 0 aliphatic rings. The highest BCUT2D eigenvalue weighted by molar-refractivity contribution is 9.10. The summed E-state index contributed by atoms with van der Waals surface area (Å²) < 4.78 is 27.3. The molecule has 0 bridgehead atoms. The van der Waals surface area contributed by atoms with Gasteiger partial charge >= 0.3 is 5.97 Å². The van der Waals surface area contributed by atoms with E-state index in [-0.39, 0.29) is 16.8 Å². The molecule has 2 N–H and O–H groups in total. The average molecular weight is 356 g/mol. The van der Waals surface area contributed by atoms with Crippen molar-refractivity contribution in [3.8, 4) is 0 Å². The fraction of sp³-hybridized carbons (Fsp3) is 0. The highest BCUT2D eigenvalue weighted by Gasteiger charge is 2.13. The SMILES string of the molecule is O=C(O)c1ccc(NC(=O)c2cc(F)cc(Br)c2)c(F)c1. The third-order valence-electron chi connectivity index (χ3n) is 2.59. The van der Waals surface area contributed by atoms with Crippen molar-refractivity contribution in [3.05, 3.63) is 63.6 Å². The van der Waals surface area contributed by atoms with Crippen LogP contribution < -0.4 is 5.32 Å². The Kier molecular flexibility index (Phi) is 4.32. The fourth-order valence-corrected chi connectivity index (χ4v) is 2.09. The molecule has 7 heteroatoms. The topological polar surface area (TPSA) is 66.4 Å². The van der Waals surface area contributed by atoms with Gasteiger partial charge in [0, 0.05) is 10.0 Å². The molecule has 0 fully saturated rings. The van der Waals surface area contributed by atoms with Gasteiger partial charge < -0.3 is 10.4 Å². The molecule has 2 aromatic carbocycles. The zero-order valence-corrected chi connectivity index (χ0v) is 11.9. The van der Waals surface area contributed by atoms with Gasteiger partial charge in [-0.2, -0.15) is 0 Å². The monoisotopic (exact) mass is 355 g/mol. The maximum absolute atomic E-state index is 13.7. The zero-order chi connectivity index (χ0) is 15.6. The van der Waals surface area contributed by atoms with Gasteiger partial charge in [-0.15, -0.1) is 0 Å². The molecular weight excluding hydrogens is 348 g/mol. The summed E-state index contributed by atoms with van der Waals surface area (Å²) in [5.74, 6) is -3.49. The molecule has 2 rings (SSSR count). The number of carbonyl (C=O) groups is 2. The molecule has 0 atom stereocenters. The second-order valence-corrected chi connectivity index (χ2v) is 5.03. The lowest BCUT2D eigenvalue weighted by Crippen LogP contribution is -2.13. The lowest BCUT2D eigenvalue weighted by Gasteiger charge is -2.07. The third kappa shape index (κ3) is 3.63. The normalized spacial score (nSPS) is 10.2. The van der Waals surface area contributed by atoms with Gasteiger partial charge in [-0.1, -0.05) is 15.9 Å². The van der Waals surface area contributed by atoms with E-state index in [0.717, 1.165) is 24.3 Å². The largest absolute Gasteiger partial charge is 0.478 e. The van der Waals surface area contributed by atoms with Crippen molar-refractivity contribution >= 4 is 33.5 Å². The third-order valence-corrected chi connectivity index (χ3v) is 3.05. The van der Waals surface area contributed by atoms with Crippen LogP contribution in [0.4, 0.5) is 14.5 Å². The van der Waals surface area contributed by atoms with Crippen LogP contribution in [0.15, 0.2) is 40.9 Å². The minimum Gasteiger partial charge on any atom is -0.478 e. The van der Waals surface area contributed by atoms with E-state index in [1.807, 2.05) is 0 Å². The summed E-state index contributed by atoms with van der Waals surface area (Å²) in [6, 6.07) is 6.64. The van der Waals surface area contributed by atoms with Crippen molar-refractivity contribution in [2.75, 3.05) is 5.32 Å². The van der Waals surface area contributed by atoms with Crippen LogP contribution >= 0.6 is 15.9 Å². The molecular formula is C14H8BrF2NO3. The maximum Gasteiger partial charge on any atom is 0.335 e. The summed E-state index contributed by atoms with van der Waals surface area (Å²) >= 11 is 3.05. The van der Waals surface area contributed by atoms with Crippen molar-refractivity contribution in [1.82, 2.24) is 0 Å². The maximum atomic E-state index is 13.7. The summed E-state index contributed by atoms with van der Waals surface area (Å²) in [6.07, 6.45) is 0. The van der Waals surface area contributed by atoms with E-state index in [2.05, 4.69) is 21.2 Å². The van der Waals surface area contributed by atoms with E-state index in [1.54, 1.807) is 0 Å². The number of anilines is 1. The molecule has 4 nitrogen and oxygen atoms in total. The molecule has 108 valence electrons. The minimum absolute atomic E-state index is 0.00332. The standard InChI is InChI=1S/C14H8BrF2NO3/c15-9-3-8(4-10(16)6-9)13(19)18-12-2-1-7(14(20)21)5-11(12)17/h1-6H,(H,18,19)(H,20,21). The lowest BCUT2D eigenvalue weighted by molar-refractivity contribution is 0.0696. The van der Waals surface area contributed by atoms with E-state index in [4.69, 9.17) is 5.11 Å². The number of hydrogen-bond acceptors (Lipinski definition) is 2. The van der Waals surface area contributed by atoms with Crippen molar-refractivity contribution in [2.24, 2.45) is 0 Å². The Bertz CT molecular complexity index is 714. The van der Waals surface area contributed by atoms with E-state index in [9.17, 15) is 18.4 Å². The number of halogens is 3. The lowest BCUT2D eigenvalue weighted by atomic mass is 10.1. The predicted molar refractivity (Wildman–Crippen MR) is 75.4 cm³/mol. The van der Waals surface area contributed by atoms with Crippen LogP contribution in [0.2, 0.25) is 0 Å². The van der Waals surface area contributed by atoms with Gasteiger partial charge in [-0.25, -0.2) is 13.6 Å². The van der Waals surface area contributed by atoms with Crippen molar-refractivity contribution < 1.29 is 23.5 Å². The van der Waals surface area contributed by atoms with E-state index >= 15 is 0 Å². The van der Waals surface area contributed by atoms with Gasteiger partial charge in [0.1, 0.15) is 11.6 Å². The van der Waals surface area contributed by atoms with E-state index in [1.165, 1.54) is 12.1 Å². The van der Waals surface area contributed by atoms with Crippen LogP contribution in [0, 0.1) is 11.6 Å². The van der Waals surface area contributed by atoms with Crippen molar-refractivity contribution in [2.45, 2.75) is 0 Å². The van der Waals surface area contributed by atoms with Crippen LogP contribution in [0.25, 0.3) is 0 Å². The van der Waals surface area contributed by atoms with Crippen molar-refractivity contribution in [3.63, 3.8) is 0 Å². The number of carboxylic acid groups (broad SMARTS) is 1. The average Bonchev–Trinajstić information content (AvgIpc) is 2.39. The molecule has 0 aliphatic heterocycles. The summed E-state index contributed by atoms with van der Waals surface area (Å²) in [7, 11) is 0. The number of nitrogens with one attached hydrogen (secondary N) is 1. The Labute approximate surface area is 126 Å². The van der Waals surface area contributed by atoms with Crippen LogP contribution in [-0.2, 0) is 0 Å².